The summed E-state index contributed by atoms with van der Waals surface area (Å²) in [6, 6.07) is 12.6. The molecule has 2 heterocycles. The fraction of sp³-hybridized carbons (Fsp3) is 0. The van der Waals surface area contributed by atoms with Crippen LogP contribution in [-0.4, -0.2) is 25.9 Å². The van der Waals surface area contributed by atoms with Crippen LogP contribution >= 0.6 is 11.6 Å². The summed E-state index contributed by atoms with van der Waals surface area (Å²) in [5.41, 5.74) is 0.952. The zero-order chi connectivity index (χ0) is 14.7. The Morgan fingerprint density at radius 3 is 2.71 bits per heavy atom. The summed E-state index contributed by atoms with van der Waals surface area (Å²) >= 11 is 5.94. The molecule has 1 amide bonds. The number of amides is 1. The van der Waals surface area contributed by atoms with Crippen molar-refractivity contribution in [3.8, 4) is 5.69 Å². The molecule has 0 bridgehead atoms. The van der Waals surface area contributed by atoms with Gasteiger partial charge in [0.15, 0.2) is 11.5 Å². The lowest BCUT2D eigenvalue weighted by atomic mass is 10.3. The van der Waals surface area contributed by atoms with E-state index < -0.39 is 5.91 Å². The van der Waals surface area contributed by atoms with Crippen LogP contribution in [0.4, 0.5) is 5.82 Å². The molecule has 1 N–H and O–H groups in total. The molecule has 0 spiro atoms. The monoisotopic (exact) mass is 299 g/mol. The van der Waals surface area contributed by atoms with Gasteiger partial charge in [-0.15, -0.1) is 5.10 Å². The highest BCUT2D eigenvalue weighted by molar-refractivity contribution is 6.33. The Morgan fingerprint density at radius 2 is 1.95 bits per heavy atom. The Kier molecular flexibility index (Phi) is 3.61. The highest BCUT2D eigenvalue weighted by Crippen LogP contribution is 2.17. The molecule has 3 aromatic rings. The van der Waals surface area contributed by atoms with Gasteiger partial charge in [-0.3, -0.25) is 4.79 Å². The third-order valence-corrected chi connectivity index (χ3v) is 3.01. The minimum atomic E-state index is -0.419. The Bertz CT molecular complexity index is 772. The second-order valence-electron chi connectivity index (χ2n) is 4.14. The van der Waals surface area contributed by atoms with Gasteiger partial charge in [-0.05, 0) is 24.3 Å². The summed E-state index contributed by atoms with van der Waals surface area (Å²) in [4.78, 5) is 17.5. The zero-order valence-corrected chi connectivity index (χ0v) is 11.5. The Morgan fingerprint density at radius 1 is 1.14 bits per heavy atom. The minimum Gasteiger partial charge on any atom is -0.304 e. The van der Waals surface area contributed by atoms with E-state index in [-0.39, 0.29) is 5.69 Å². The number of carbonyl (C=O) groups excluding carboxylic acids is 1. The molecule has 0 aliphatic carbocycles. The molecule has 0 aliphatic heterocycles. The summed E-state index contributed by atoms with van der Waals surface area (Å²) in [6.45, 7) is 0. The van der Waals surface area contributed by atoms with E-state index in [4.69, 9.17) is 11.6 Å². The largest absolute Gasteiger partial charge is 0.304 e. The highest BCUT2D eigenvalue weighted by atomic mass is 35.5. The normalized spacial score (nSPS) is 10.3. The molecular formula is C14H10ClN5O. The number of pyridine rings is 1. The number of carbonyl (C=O) groups is 1. The molecule has 0 saturated heterocycles. The molecule has 0 atom stereocenters. The Labute approximate surface area is 125 Å². The predicted molar refractivity (Wildman–Crippen MR) is 78.6 cm³/mol. The predicted octanol–water partition coefficient (Wildman–Crippen LogP) is 2.57. The third-order valence-electron chi connectivity index (χ3n) is 2.70. The van der Waals surface area contributed by atoms with Gasteiger partial charge in [0.05, 0.1) is 16.9 Å². The molecule has 7 heteroatoms. The number of nitrogens with one attached hydrogen (secondary N) is 1. The molecular weight excluding hydrogens is 290 g/mol. The van der Waals surface area contributed by atoms with Crippen molar-refractivity contribution >= 4 is 23.3 Å². The lowest BCUT2D eigenvalue weighted by Gasteiger charge is -2.03. The van der Waals surface area contributed by atoms with Crippen molar-refractivity contribution in [2.24, 2.45) is 0 Å². The van der Waals surface area contributed by atoms with Gasteiger partial charge in [0.25, 0.3) is 5.91 Å². The topological polar surface area (TPSA) is 72.7 Å². The maximum atomic E-state index is 12.1. The summed E-state index contributed by atoms with van der Waals surface area (Å²) in [5.74, 6) is -0.129. The van der Waals surface area contributed by atoms with Gasteiger partial charge in [0, 0.05) is 6.20 Å². The second kappa shape index (κ2) is 5.72. The smallest absolute Gasteiger partial charge is 0.279 e. The van der Waals surface area contributed by atoms with Crippen molar-refractivity contribution in [3.63, 3.8) is 0 Å². The number of nitrogens with zero attached hydrogens (tertiary/aromatic N) is 4. The average Bonchev–Trinajstić information content (AvgIpc) is 3.00. The van der Waals surface area contributed by atoms with Gasteiger partial charge >= 0.3 is 0 Å². The van der Waals surface area contributed by atoms with E-state index >= 15 is 0 Å². The molecule has 0 unspecified atom stereocenters. The standard InChI is InChI=1S/C14H10ClN5O/c15-11-7-4-8-16-13(11)18-14(21)12-9-17-20(19-12)10-5-2-1-3-6-10/h1-9H,(H,16,18,21). The minimum absolute atomic E-state index is 0.181. The number of aromatic nitrogens is 4. The quantitative estimate of drug-likeness (QED) is 0.806. The fourth-order valence-electron chi connectivity index (χ4n) is 1.70. The molecule has 3 rings (SSSR count). The third kappa shape index (κ3) is 2.90. The summed E-state index contributed by atoms with van der Waals surface area (Å²) in [6.07, 6.45) is 2.93. The molecule has 0 saturated carbocycles. The summed E-state index contributed by atoms with van der Waals surface area (Å²) in [5, 5.41) is 11.1. The zero-order valence-electron chi connectivity index (χ0n) is 10.8. The van der Waals surface area contributed by atoms with Gasteiger partial charge in [-0.1, -0.05) is 29.8 Å². The first-order valence-corrected chi connectivity index (χ1v) is 6.51. The number of rotatable bonds is 3. The summed E-state index contributed by atoms with van der Waals surface area (Å²) in [7, 11) is 0. The number of hydrogen-bond acceptors (Lipinski definition) is 4. The van der Waals surface area contributed by atoms with Gasteiger partial charge in [-0.2, -0.15) is 9.90 Å². The molecule has 0 aliphatic rings. The van der Waals surface area contributed by atoms with E-state index in [0.29, 0.717) is 10.8 Å². The summed E-state index contributed by atoms with van der Waals surface area (Å²) < 4.78 is 0. The van der Waals surface area contributed by atoms with Crippen molar-refractivity contribution in [2.75, 3.05) is 5.32 Å². The van der Waals surface area contributed by atoms with Crippen LogP contribution in [0.25, 0.3) is 5.69 Å². The van der Waals surface area contributed by atoms with Gasteiger partial charge in [0.1, 0.15) is 0 Å². The molecule has 6 nitrogen and oxygen atoms in total. The van der Waals surface area contributed by atoms with Crippen LogP contribution < -0.4 is 5.32 Å². The van der Waals surface area contributed by atoms with Crippen LogP contribution in [0.1, 0.15) is 10.5 Å². The van der Waals surface area contributed by atoms with Crippen LogP contribution in [0, 0.1) is 0 Å². The lowest BCUT2D eigenvalue weighted by Crippen LogP contribution is -2.14. The first-order valence-electron chi connectivity index (χ1n) is 6.14. The lowest BCUT2D eigenvalue weighted by molar-refractivity contribution is 0.102. The first-order chi connectivity index (χ1) is 10.2. The van der Waals surface area contributed by atoms with Crippen molar-refractivity contribution in [2.45, 2.75) is 0 Å². The van der Waals surface area contributed by atoms with Crippen molar-refractivity contribution in [3.05, 3.63) is 65.6 Å². The second-order valence-corrected chi connectivity index (χ2v) is 4.55. The van der Waals surface area contributed by atoms with Gasteiger partial charge < -0.3 is 5.32 Å². The first kappa shape index (κ1) is 13.3. The maximum Gasteiger partial charge on any atom is 0.279 e. The molecule has 104 valence electrons. The molecule has 21 heavy (non-hydrogen) atoms. The highest BCUT2D eigenvalue weighted by Gasteiger charge is 2.13. The van der Waals surface area contributed by atoms with E-state index in [2.05, 4.69) is 20.5 Å². The molecule has 1 aromatic carbocycles. The molecule has 0 fully saturated rings. The van der Waals surface area contributed by atoms with E-state index in [9.17, 15) is 4.79 Å². The van der Waals surface area contributed by atoms with Crippen LogP contribution in [-0.2, 0) is 0 Å². The average molecular weight is 300 g/mol. The number of benzene rings is 1. The van der Waals surface area contributed by atoms with E-state index in [1.165, 1.54) is 11.0 Å². The SMILES string of the molecule is O=C(Nc1ncccc1Cl)c1cnn(-c2ccccc2)n1. The van der Waals surface area contributed by atoms with Crippen molar-refractivity contribution in [1.29, 1.82) is 0 Å². The van der Waals surface area contributed by atoms with Crippen LogP contribution in [0.15, 0.2) is 54.9 Å². The maximum absolute atomic E-state index is 12.1. The van der Waals surface area contributed by atoms with Crippen LogP contribution in [0.5, 0.6) is 0 Å². The Balaban J connectivity index is 1.80. The number of para-hydroxylation sites is 1. The fourth-order valence-corrected chi connectivity index (χ4v) is 1.87. The van der Waals surface area contributed by atoms with Crippen molar-refractivity contribution in [1.82, 2.24) is 20.0 Å². The molecule has 2 aromatic heterocycles. The molecule has 0 radical (unpaired) electrons. The van der Waals surface area contributed by atoms with Crippen LogP contribution in [0.2, 0.25) is 5.02 Å². The number of hydrogen-bond donors (Lipinski definition) is 1. The number of halogens is 1. The Hall–Kier alpha value is -2.73. The van der Waals surface area contributed by atoms with E-state index in [0.717, 1.165) is 5.69 Å². The van der Waals surface area contributed by atoms with Crippen molar-refractivity contribution < 1.29 is 4.79 Å². The van der Waals surface area contributed by atoms with Gasteiger partial charge in [-0.25, -0.2) is 4.98 Å². The van der Waals surface area contributed by atoms with Gasteiger partial charge in [0.2, 0.25) is 0 Å². The number of anilines is 1. The van der Waals surface area contributed by atoms with Crippen LogP contribution in [0.3, 0.4) is 0 Å². The van der Waals surface area contributed by atoms with E-state index in [1.807, 2.05) is 30.3 Å². The van der Waals surface area contributed by atoms with E-state index in [1.54, 1.807) is 18.3 Å².